The van der Waals surface area contributed by atoms with Crippen LogP contribution in [0.3, 0.4) is 0 Å². The van der Waals surface area contributed by atoms with Gasteiger partial charge in [0.2, 0.25) is 0 Å². The molecule has 4 nitrogen and oxygen atoms in total. The maximum Gasteiger partial charge on any atom is 0.332 e. The summed E-state index contributed by atoms with van der Waals surface area (Å²) in [6, 6.07) is 0. The minimum absolute atomic E-state index is 0.104. The van der Waals surface area contributed by atoms with Crippen LogP contribution in [0.25, 0.3) is 0 Å². The first-order chi connectivity index (χ1) is 5.70. The number of hydrogen-bond donors (Lipinski definition) is 1. The zero-order valence-electron chi connectivity index (χ0n) is 7.16. The molecule has 2 unspecified atom stereocenters. The van der Waals surface area contributed by atoms with Crippen LogP contribution in [0.1, 0.15) is 19.8 Å². The van der Waals surface area contributed by atoms with Gasteiger partial charge >= 0.3 is 5.97 Å². The molecule has 12 heavy (non-hydrogen) atoms. The summed E-state index contributed by atoms with van der Waals surface area (Å²) in [5, 5.41) is 8.49. The molecule has 1 aliphatic rings. The maximum atomic E-state index is 10.3. The predicted molar refractivity (Wildman–Crippen MR) is 42.0 cm³/mol. The predicted octanol–water partition coefficient (Wildman–Crippen LogP) is 0.655. The molecule has 1 aliphatic heterocycles. The van der Waals surface area contributed by atoms with Crippen molar-refractivity contribution in [3.63, 3.8) is 0 Å². The van der Waals surface area contributed by atoms with Crippen molar-refractivity contribution in [1.82, 2.24) is 0 Å². The van der Waals surface area contributed by atoms with Crippen LogP contribution in [-0.2, 0) is 14.3 Å². The highest BCUT2D eigenvalue weighted by atomic mass is 16.5. The third-order valence-corrected chi connectivity index (χ3v) is 1.90. The van der Waals surface area contributed by atoms with E-state index >= 15 is 0 Å². The molecule has 0 radical (unpaired) electrons. The summed E-state index contributed by atoms with van der Waals surface area (Å²) in [7, 11) is 0. The lowest BCUT2D eigenvalue weighted by Crippen LogP contribution is -2.25. The molecule has 0 aromatic heterocycles. The highest BCUT2D eigenvalue weighted by Gasteiger charge is 2.18. The molecule has 0 saturated carbocycles. The van der Waals surface area contributed by atoms with Crippen LogP contribution in [0, 0.1) is 0 Å². The maximum absolute atomic E-state index is 10.3. The number of carbonyl (C=O) groups is 1. The standard InChI is InChI=1S/C8H14O4/c1-6(8(9)10)12-5-7-3-2-4-11-7/h6-7H,2-5H2,1H3,(H,9,10). The van der Waals surface area contributed by atoms with Crippen LogP contribution < -0.4 is 0 Å². The highest BCUT2D eigenvalue weighted by Crippen LogP contribution is 2.12. The van der Waals surface area contributed by atoms with Gasteiger partial charge in [-0.25, -0.2) is 4.79 Å². The number of hydrogen-bond acceptors (Lipinski definition) is 3. The van der Waals surface area contributed by atoms with E-state index in [1.807, 2.05) is 0 Å². The molecule has 1 N–H and O–H groups in total. The minimum Gasteiger partial charge on any atom is -0.479 e. The average molecular weight is 174 g/mol. The van der Waals surface area contributed by atoms with E-state index in [2.05, 4.69) is 0 Å². The summed E-state index contributed by atoms with van der Waals surface area (Å²) < 4.78 is 10.3. The summed E-state index contributed by atoms with van der Waals surface area (Å²) in [5.74, 6) is -0.923. The average Bonchev–Trinajstić information content (AvgIpc) is 2.51. The third kappa shape index (κ3) is 2.79. The first-order valence-electron chi connectivity index (χ1n) is 4.16. The zero-order chi connectivity index (χ0) is 8.97. The fourth-order valence-corrected chi connectivity index (χ4v) is 1.10. The van der Waals surface area contributed by atoms with Crippen LogP contribution in [0.2, 0.25) is 0 Å². The summed E-state index contributed by atoms with van der Waals surface area (Å²) in [6.45, 7) is 2.69. The Kier molecular flexibility index (Phi) is 3.49. The molecule has 4 heteroatoms. The van der Waals surface area contributed by atoms with Crippen LogP contribution in [-0.4, -0.2) is 36.5 Å². The Balaban J connectivity index is 2.11. The lowest BCUT2D eigenvalue weighted by atomic mass is 10.2. The highest BCUT2D eigenvalue weighted by molar-refractivity contribution is 5.71. The fourth-order valence-electron chi connectivity index (χ4n) is 1.10. The van der Waals surface area contributed by atoms with Crippen molar-refractivity contribution in [2.75, 3.05) is 13.2 Å². The summed E-state index contributed by atoms with van der Waals surface area (Å²) >= 11 is 0. The molecule has 0 spiro atoms. The molecule has 0 aromatic rings. The van der Waals surface area contributed by atoms with Crippen LogP contribution in [0.15, 0.2) is 0 Å². The molecule has 1 fully saturated rings. The van der Waals surface area contributed by atoms with Crippen LogP contribution in [0.4, 0.5) is 0 Å². The second-order valence-corrected chi connectivity index (χ2v) is 2.95. The molecule has 0 bridgehead atoms. The molecule has 1 saturated heterocycles. The summed E-state index contributed by atoms with van der Waals surface area (Å²) in [4.78, 5) is 10.3. The van der Waals surface area contributed by atoms with Gasteiger partial charge in [0.05, 0.1) is 12.7 Å². The van der Waals surface area contributed by atoms with E-state index in [1.165, 1.54) is 6.92 Å². The largest absolute Gasteiger partial charge is 0.479 e. The minimum atomic E-state index is -0.923. The Morgan fingerprint density at radius 1 is 1.83 bits per heavy atom. The first-order valence-corrected chi connectivity index (χ1v) is 4.16. The fraction of sp³-hybridized carbons (Fsp3) is 0.875. The Morgan fingerprint density at radius 3 is 3.08 bits per heavy atom. The summed E-state index contributed by atoms with van der Waals surface area (Å²) in [5.41, 5.74) is 0. The van der Waals surface area contributed by atoms with E-state index in [4.69, 9.17) is 14.6 Å². The summed E-state index contributed by atoms with van der Waals surface area (Å²) in [6.07, 6.45) is 1.41. The lowest BCUT2D eigenvalue weighted by molar-refractivity contribution is -0.150. The number of rotatable bonds is 4. The van der Waals surface area contributed by atoms with Crippen molar-refractivity contribution in [2.45, 2.75) is 32.0 Å². The SMILES string of the molecule is CC(OCC1CCCO1)C(=O)O. The van der Waals surface area contributed by atoms with Gasteiger partial charge in [-0.1, -0.05) is 0 Å². The Labute approximate surface area is 71.5 Å². The second kappa shape index (κ2) is 4.42. The molecule has 70 valence electrons. The Bertz CT molecular complexity index is 151. The van der Waals surface area contributed by atoms with E-state index in [1.54, 1.807) is 0 Å². The Morgan fingerprint density at radius 2 is 2.58 bits per heavy atom. The van der Waals surface area contributed by atoms with Gasteiger partial charge in [-0.15, -0.1) is 0 Å². The van der Waals surface area contributed by atoms with Crippen molar-refractivity contribution in [1.29, 1.82) is 0 Å². The number of aliphatic carboxylic acids is 1. The second-order valence-electron chi connectivity index (χ2n) is 2.95. The van der Waals surface area contributed by atoms with Crippen molar-refractivity contribution < 1.29 is 19.4 Å². The Hall–Kier alpha value is -0.610. The molecule has 0 aromatic carbocycles. The quantitative estimate of drug-likeness (QED) is 0.680. The van der Waals surface area contributed by atoms with Gasteiger partial charge in [0.25, 0.3) is 0 Å². The zero-order valence-corrected chi connectivity index (χ0v) is 7.16. The van der Waals surface area contributed by atoms with Gasteiger partial charge in [0.1, 0.15) is 0 Å². The van der Waals surface area contributed by atoms with Crippen molar-refractivity contribution >= 4 is 5.97 Å². The van der Waals surface area contributed by atoms with Crippen LogP contribution >= 0.6 is 0 Å². The molecule has 1 heterocycles. The van der Waals surface area contributed by atoms with Crippen molar-refractivity contribution in [3.05, 3.63) is 0 Å². The van der Waals surface area contributed by atoms with Gasteiger partial charge in [-0.3, -0.25) is 0 Å². The molecule has 2 atom stereocenters. The van der Waals surface area contributed by atoms with Gasteiger partial charge in [-0.2, -0.15) is 0 Å². The van der Waals surface area contributed by atoms with Gasteiger partial charge in [0.15, 0.2) is 6.10 Å². The lowest BCUT2D eigenvalue weighted by Gasteiger charge is -2.12. The third-order valence-electron chi connectivity index (χ3n) is 1.90. The van der Waals surface area contributed by atoms with Crippen molar-refractivity contribution in [3.8, 4) is 0 Å². The van der Waals surface area contributed by atoms with Crippen LogP contribution in [0.5, 0.6) is 0 Å². The van der Waals surface area contributed by atoms with Gasteiger partial charge < -0.3 is 14.6 Å². The van der Waals surface area contributed by atoms with Gasteiger partial charge in [0, 0.05) is 6.61 Å². The molecule has 0 aliphatic carbocycles. The monoisotopic (exact) mass is 174 g/mol. The molecule has 1 rings (SSSR count). The first kappa shape index (κ1) is 9.48. The normalized spacial score (nSPS) is 25.6. The van der Waals surface area contributed by atoms with E-state index in [0.717, 1.165) is 19.4 Å². The number of ether oxygens (including phenoxy) is 2. The molecular weight excluding hydrogens is 160 g/mol. The van der Waals surface area contributed by atoms with E-state index in [0.29, 0.717) is 6.61 Å². The topological polar surface area (TPSA) is 55.8 Å². The van der Waals surface area contributed by atoms with E-state index in [-0.39, 0.29) is 6.10 Å². The van der Waals surface area contributed by atoms with Crippen molar-refractivity contribution in [2.24, 2.45) is 0 Å². The van der Waals surface area contributed by atoms with E-state index in [9.17, 15) is 4.79 Å². The number of carboxylic acids is 1. The molecular formula is C8H14O4. The number of carboxylic acid groups (broad SMARTS) is 1. The molecule has 0 amide bonds. The van der Waals surface area contributed by atoms with Gasteiger partial charge in [-0.05, 0) is 19.8 Å². The van der Waals surface area contributed by atoms with E-state index < -0.39 is 12.1 Å². The smallest absolute Gasteiger partial charge is 0.332 e.